The van der Waals surface area contributed by atoms with E-state index in [0.29, 0.717) is 6.07 Å². The van der Waals surface area contributed by atoms with E-state index in [9.17, 15) is 31.5 Å². The lowest BCUT2D eigenvalue weighted by Gasteiger charge is -2.13. The lowest BCUT2D eigenvalue weighted by Crippen LogP contribution is -2.31. The molecule has 0 heterocycles. The summed E-state index contributed by atoms with van der Waals surface area (Å²) in [5.74, 6) is -7.72. The van der Waals surface area contributed by atoms with Gasteiger partial charge in [0.05, 0.1) is 5.69 Å². The molecule has 2 N–H and O–H groups in total. The highest BCUT2D eigenvalue weighted by atomic mass is 19.4. The molecule has 1 rings (SSSR count). The second-order valence-electron chi connectivity index (χ2n) is 3.50. The highest BCUT2D eigenvalue weighted by Crippen LogP contribution is 2.27. The maximum atomic E-state index is 13.6. The van der Waals surface area contributed by atoms with Gasteiger partial charge in [0.1, 0.15) is 11.4 Å². The molecule has 0 radical (unpaired) electrons. The third kappa shape index (κ3) is 2.98. The minimum absolute atomic E-state index is 0.377. The molecule has 1 aromatic rings. The van der Waals surface area contributed by atoms with Gasteiger partial charge in [-0.1, -0.05) is 0 Å². The summed E-state index contributed by atoms with van der Waals surface area (Å²) in [7, 11) is 0. The molecular weight excluding hydrogens is 277 g/mol. The Labute approximate surface area is 102 Å². The van der Waals surface area contributed by atoms with Crippen LogP contribution in [0.4, 0.5) is 27.6 Å². The van der Waals surface area contributed by atoms with Crippen LogP contribution in [0, 0.1) is 18.6 Å². The molecule has 104 valence electrons. The van der Waals surface area contributed by atoms with Crippen molar-refractivity contribution in [2.75, 3.05) is 5.32 Å². The Hall–Kier alpha value is -2.19. The molecule has 19 heavy (non-hydrogen) atoms. The van der Waals surface area contributed by atoms with E-state index in [1.165, 1.54) is 5.32 Å². The summed E-state index contributed by atoms with van der Waals surface area (Å²) in [6, 6.07) is 0.512. The zero-order valence-corrected chi connectivity index (χ0v) is 9.23. The van der Waals surface area contributed by atoms with Crippen LogP contribution in [-0.4, -0.2) is 23.2 Å². The van der Waals surface area contributed by atoms with Crippen LogP contribution in [0.3, 0.4) is 0 Å². The van der Waals surface area contributed by atoms with Gasteiger partial charge in [-0.2, -0.15) is 13.2 Å². The first-order valence-electron chi connectivity index (χ1n) is 4.65. The van der Waals surface area contributed by atoms with E-state index in [4.69, 9.17) is 5.11 Å². The van der Waals surface area contributed by atoms with Gasteiger partial charge >= 0.3 is 18.1 Å². The Kier molecular flexibility index (Phi) is 3.78. The highest BCUT2D eigenvalue weighted by Gasteiger charge is 2.39. The summed E-state index contributed by atoms with van der Waals surface area (Å²) >= 11 is 0. The van der Waals surface area contributed by atoms with E-state index in [-0.39, 0.29) is 5.56 Å². The minimum Gasteiger partial charge on any atom is -0.477 e. The van der Waals surface area contributed by atoms with Crippen LogP contribution in [0.5, 0.6) is 0 Å². The van der Waals surface area contributed by atoms with Gasteiger partial charge in [0.15, 0.2) is 5.82 Å². The first-order chi connectivity index (χ1) is 8.55. The van der Waals surface area contributed by atoms with Gasteiger partial charge in [0.25, 0.3) is 0 Å². The van der Waals surface area contributed by atoms with Crippen LogP contribution in [0.25, 0.3) is 0 Å². The maximum Gasteiger partial charge on any atom is 0.471 e. The van der Waals surface area contributed by atoms with Crippen LogP contribution in [0.1, 0.15) is 15.9 Å². The number of hydrogen-bond donors (Lipinski definition) is 2. The monoisotopic (exact) mass is 283 g/mol. The van der Waals surface area contributed by atoms with Gasteiger partial charge in [-0.15, -0.1) is 0 Å². The van der Waals surface area contributed by atoms with Crippen molar-refractivity contribution in [3.05, 3.63) is 28.8 Å². The summed E-state index contributed by atoms with van der Waals surface area (Å²) < 4.78 is 62.8. The summed E-state index contributed by atoms with van der Waals surface area (Å²) in [5, 5.41) is 9.71. The number of carbonyl (C=O) groups is 2. The second-order valence-corrected chi connectivity index (χ2v) is 3.50. The summed E-state index contributed by atoms with van der Waals surface area (Å²) in [6.07, 6.45) is -5.28. The van der Waals surface area contributed by atoms with Crippen molar-refractivity contribution in [3.8, 4) is 0 Å². The Balaban J connectivity index is 3.33. The molecular formula is C10H6F5NO3. The van der Waals surface area contributed by atoms with Gasteiger partial charge < -0.3 is 10.4 Å². The number of carbonyl (C=O) groups excluding carboxylic acids is 1. The third-order valence-corrected chi connectivity index (χ3v) is 2.13. The Morgan fingerprint density at radius 1 is 1.26 bits per heavy atom. The molecule has 0 atom stereocenters. The van der Waals surface area contributed by atoms with Crippen molar-refractivity contribution >= 4 is 17.6 Å². The zero-order chi connectivity index (χ0) is 15.0. The number of aromatic carboxylic acids is 1. The average molecular weight is 283 g/mol. The van der Waals surface area contributed by atoms with Gasteiger partial charge in [0.2, 0.25) is 0 Å². The Bertz CT molecular complexity index is 553. The van der Waals surface area contributed by atoms with Crippen molar-refractivity contribution in [2.45, 2.75) is 13.1 Å². The normalized spacial score (nSPS) is 11.3. The summed E-state index contributed by atoms with van der Waals surface area (Å²) in [5.41, 5.74) is -2.85. The van der Waals surface area contributed by atoms with E-state index in [1.54, 1.807) is 0 Å². The number of aryl methyl sites for hydroxylation is 1. The van der Waals surface area contributed by atoms with Crippen molar-refractivity contribution in [3.63, 3.8) is 0 Å². The standard InChI is InChI=1S/C10H6F5NO3/c1-3-2-4(11)5(8(17)18)6(12)7(3)16-9(19)10(13,14)15/h2H,1H3,(H,16,19)(H,17,18). The third-order valence-electron chi connectivity index (χ3n) is 2.13. The molecule has 0 saturated carbocycles. The predicted octanol–water partition coefficient (Wildman–Crippen LogP) is 2.47. The Morgan fingerprint density at radius 3 is 2.21 bits per heavy atom. The van der Waals surface area contributed by atoms with E-state index in [0.717, 1.165) is 6.92 Å². The fourth-order valence-corrected chi connectivity index (χ4v) is 1.27. The van der Waals surface area contributed by atoms with Gasteiger partial charge in [-0.3, -0.25) is 4.79 Å². The van der Waals surface area contributed by atoms with Gasteiger partial charge in [-0.25, -0.2) is 13.6 Å². The van der Waals surface area contributed by atoms with E-state index >= 15 is 0 Å². The molecule has 0 fully saturated rings. The predicted molar refractivity (Wildman–Crippen MR) is 52.7 cm³/mol. The first-order valence-corrected chi connectivity index (χ1v) is 4.65. The molecule has 0 aliphatic carbocycles. The fourth-order valence-electron chi connectivity index (χ4n) is 1.27. The molecule has 1 amide bonds. The largest absolute Gasteiger partial charge is 0.477 e. The molecule has 0 aromatic heterocycles. The van der Waals surface area contributed by atoms with Crippen LogP contribution >= 0.6 is 0 Å². The van der Waals surface area contributed by atoms with Crippen molar-refractivity contribution in [2.24, 2.45) is 0 Å². The number of carboxylic acids is 1. The summed E-state index contributed by atoms with van der Waals surface area (Å²) in [6.45, 7) is 1.02. The Morgan fingerprint density at radius 2 is 1.79 bits per heavy atom. The number of nitrogens with one attached hydrogen (secondary N) is 1. The maximum absolute atomic E-state index is 13.6. The molecule has 0 unspecified atom stereocenters. The van der Waals surface area contributed by atoms with E-state index in [1.807, 2.05) is 0 Å². The van der Waals surface area contributed by atoms with Crippen molar-refractivity contribution in [1.29, 1.82) is 0 Å². The van der Waals surface area contributed by atoms with Gasteiger partial charge in [0, 0.05) is 0 Å². The highest BCUT2D eigenvalue weighted by molar-refractivity contribution is 5.97. The number of hydrogen-bond acceptors (Lipinski definition) is 2. The number of anilines is 1. The van der Waals surface area contributed by atoms with Crippen molar-refractivity contribution in [1.82, 2.24) is 0 Å². The summed E-state index contributed by atoms with van der Waals surface area (Å²) in [4.78, 5) is 21.2. The quantitative estimate of drug-likeness (QED) is 0.819. The van der Waals surface area contributed by atoms with Crippen LogP contribution in [0.15, 0.2) is 6.07 Å². The first kappa shape index (κ1) is 14.9. The van der Waals surface area contributed by atoms with Crippen LogP contribution < -0.4 is 5.32 Å². The lowest BCUT2D eigenvalue weighted by molar-refractivity contribution is -0.167. The number of carboxylic acid groups (broad SMARTS) is 1. The van der Waals surface area contributed by atoms with Crippen LogP contribution in [-0.2, 0) is 4.79 Å². The van der Waals surface area contributed by atoms with Crippen LogP contribution in [0.2, 0.25) is 0 Å². The van der Waals surface area contributed by atoms with Crippen molar-refractivity contribution < 1.29 is 36.6 Å². The molecule has 9 heteroatoms. The number of benzene rings is 1. The SMILES string of the molecule is Cc1cc(F)c(C(=O)O)c(F)c1NC(=O)C(F)(F)F. The van der Waals surface area contributed by atoms with E-state index < -0.39 is 40.9 Å². The number of rotatable bonds is 2. The molecule has 0 aliphatic heterocycles. The second kappa shape index (κ2) is 4.82. The number of halogens is 5. The molecule has 1 aromatic carbocycles. The fraction of sp³-hybridized carbons (Fsp3) is 0.200. The minimum atomic E-state index is -5.28. The van der Waals surface area contributed by atoms with E-state index in [2.05, 4.69) is 0 Å². The zero-order valence-electron chi connectivity index (χ0n) is 9.23. The number of amides is 1. The average Bonchev–Trinajstić information content (AvgIpc) is 2.21. The topological polar surface area (TPSA) is 66.4 Å². The van der Waals surface area contributed by atoms with Gasteiger partial charge in [-0.05, 0) is 18.6 Å². The number of alkyl halides is 3. The molecule has 0 aliphatic rings. The molecule has 0 bridgehead atoms. The molecule has 0 spiro atoms. The molecule has 4 nitrogen and oxygen atoms in total. The molecule has 0 saturated heterocycles. The lowest BCUT2D eigenvalue weighted by atomic mass is 10.1. The smallest absolute Gasteiger partial charge is 0.471 e.